The van der Waals surface area contributed by atoms with Gasteiger partial charge >= 0.3 is 0 Å². The number of sulfonamides is 1. The minimum absolute atomic E-state index is 0.00343. The van der Waals surface area contributed by atoms with E-state index in [9.17, 15) is 17.2 Å². The largest absolute Gasteiger partial charge is 0.314 e. The zero-order valence-corrected chi connectivity index (χ0v) is 13.6. The van der Waals surface area contributed by atoms with Crippen molar-refractivity contribution in [3.8, 4) is 0 Å². The zero-order chi connectivity index (χ0) is 15.5. The maximum absolute atomic E-state index is 13.5. The van der Waals surface area contributed by atoms with E-state index in [2.05, 4.69) is 26.0 Å². The van der Waals surface area contributed by atoms with E-state index in [1.807, 2.05) is 4.90 Å². The Hall–Kier alpha value is -0.770. The molecule has 0 aliphatic carbocycles. The number of hydrogen-bond donors (Lipinski definition) is 2. The summed E-state index contributed by atoms with van der Waals surface area (Å²) in [5.41, 5.74) is -0.261. The lowest BCUT2D eigenvalue weighted by Gasteiger charge is -2.26. The lowest BCUT2D eigenvalue weighted by molar-refractivity contribution is 0.254. The van der Waals surface area contributed by atoms with Crippen molar-refractivity contribution < 1.29 is 17.2 Å². The van der Waals surface area contributed by atoms with Crippen molar-refractivity contribution in [3.63, 3.8) is 0 Å². The number of hydrogen-bond acceptors (Lipinski definition) is 4. The van der Waals surface area contributed by atoms with Gasteiger partial charge in [0, 0.05) is 38.8 Å². The van der Waals surface area contributed by atoms with Gasteiger partial charge in [0.2, 0.25) is 10.0 Å². The number of nitrogens with zero attached hydrogens (tertiary/aromatic N) is 1. The molecule has 2 N–H and O–H groups in total. The van der Waals surface area contributed by atoms with Crippen LogP contribution in [0.25, 0.3) is 0 Å². The van der Waals surface area contributed by atoms with E-state index in [0.717, 1.165) is 32.2 Å². The smallest absolute Gasteiger partial charge is 0.234 e. The second kappa shape index (κ2) is 6.99. The van der Waals surface area contributed by atoms with Crippen LogP contribution in [0.4, 0.5) is 14.5 Å². The highest BCUT2D eigenvalue weighted by Crippen LogP contribution is 2.24. The molecule has 0 atom stereocenters. The van der Waals surface area contributed by atoms with Crippen LogP contribution in [0.3, 0.4) is 0 Å². The molecule has 9 heteroatoms. The maximum Gasteiger partial charge on any atom is 0.234 e. The summed E-state index contributed by atoms with van der Waals surface area (Å²) in [6.45, 7) is 3.60. The number of benzene rings is 1. The van der Waals surface area contributed by atoms with Crippen molar-refractivity contribution in [2.24, 2.45) is 0 Å². The van der Waals surface area contributed by atoms with Gasteiger partial charge in [0.05, 0.1) is 15.9 Å². The summed E-state index contributed by atoms with van der Waals surface area (Å²) < 4.78 is 52.7. The molecule has 1 saturated heterocycles. The van der Waals surface area contributed by atoms with E-state index in [1.165, 1.54) is 0 Å². The fraction of sp³-hybridized carbons (Fsp3) is 0.500. The quantitative estimate of drug-likeness (QED) is 0.754. The molecule has 0 amide bonds. The van der Waals surface area contributed by atoms with Gasteiger partial charge in [0.1, 0.15) is 11.6 Å². The number of rotatable bonds is 5. The Kier molecular flexibility index (Phi) is 5.53. The summed E-state index contributed by atoms with van der Waals surface area (Å²) in [6, 6.07) is 1.71. The summed E-state index contributed by atoms with van der Waals surface area (Å²) >= 11 is 2.90. The minimum atomic E-state index is -3.68. The van der Waals surface area contributed by atoms with E-state index in [0.29, 0.717) is 12.6 Å². The van der Waals surface area contributed by atoms with Crippen LogP contribution < -0.4 is 10.0 Å². The Morgan fingerprint density at radius 2 is 1.90 bits per heavy atom. The molecule has 1 aliphatic heterocycles. The molecule has 1 aliphatic rings. The Morgan fingerprint density at radius 1 is 1.24 bits per heavy atom. The molecule has 0 radical (unpaired) electrons. The summed E-state index contributed by atoms with van der Waals surface area (Å²) in [7, 11) is -3.68. The highest BCUT2D eigenvalue weighted by Gasteiger charge is 2.18. The van der Waals surface area contributed by atoms with Crippen LogP contribution in [0.1, 0.15) is 0 Å². The van der Waals surface area contributed by atoms with Crippen LogP contribution >= 0.6 is 15.9 Å². The van der Waals surface area contributed by atoms with Gasteiger partial charge in [-0.1, -0.05) is 0 Å². The molecule has 0 bridgehead atoms. The summed E-state index contributed by atoms with van der Waals surface area (Å²) in [5, 5.41) is 3.17. The van der Waals surface area contributed by atoms with Crippen molar-refractivity contribution in [1.82, 2.24) is 10.2 Å². The van der Waals surface area contributed by atoms with Crippen LogP contribution in [0, 0.1) is 11.6 Å². The van der Waals surface area contributed by atoms with Crippen molar-refractivity contribution in [2.45, 2.75) is 0 Å². The summed E-state index contributed by atoms with van der Waals surface area (Å²) in [6.07, 6.45) is 0. The van der Waals surface area contributed by atoms with Gasteiger partial charge in [0.25, 0.3) is 0 Å². The van der Waals surface area contributed by atoms with Gasteiger partial charge in [-0.3, -0.25) is 9.62 Å². The SMILES string of the molecule is O=S(=O)(CCN1CCNCC1)Nc1cc(Br)c(F)cc1F. The first-order valence-corrected chi connectivity index (χ1v) is 8.90. The fourth-order valence-corrected chi connectivity index (χ4v) is 3.44. The molecule has 1 aromatic carbocycles. The maximum atomic E-state index is 13.5. The molecule has 0 unspecified atom stereocenters. The minimum Gasteiger partial charge on any atom is -0.314 e. The fourth-order valence-electron chi connectivity index (χ4n) is 2.00. The molecule has 0 saturated carbocycles. The molecular weight excluding hydrogens is 368 g/mol. The second-order valence-corrected chi connectivity index (χ2v) is 7.45. The normalized spacial score (nSPS) is 16.9. The Labute approximate surface area is 130 Å². The third-order valence-electron chi connectivity index (χ3n) is 3.16. The first-order chi connectivity index (χ1) is 9.87. The monoisotopic (exact) mass is 383 g/mol. The summed E-state index contributed by atoms with van der Waals surface area (Å²) in [4.78, 5) is 2.02. The average molecular weight is 384 g/mol. The van der Waals surface area contributed by atoms with E-state index in [-0.39, 0.29) is 15.9 Å². The van der Waals surface area contributed by atoms with Crippen LogP contribution in [0.15, 0.2) is 16.6 Å². The molecule has 1 fully saturated rings. The van der Waals surface area contributed by atoms with E-state index in [4.69, 9.17) is 0 Å². The molecule has 118 valence electrons. The molecule has 5 nitrogen and oxygen atoms in total. The predicted octanol–water partition coefficient (Wildman–Crippen LogP) is 1.37. The van der Waals surface area contributed by atoms with E-state index in [1.54, 1.807) is 0 Å². The van der Waals surface area contributed by atoms with Crippen molar-refractivity contribution in [3.05, 3.63) is 28.2 Å². The van der Waals surface area contributed by atoms with Gasteiger partial charge in [-0.25, -0.2) is 17.2 Å². The Bertz CT molecular complexity index is 607. The highest BCUT2D eigenvalue weighted by molar-refractivity contribution is 9.10. The molecule has 1 aromatic rings. The van der Waals surface area contributed by atoms with E-state index >= 15 is 0 Å². The van der Waals surface area contributed by atoms with Crippen LogP contribution in [-0.2, 0) is 10.0 Å². The molecule has 1 heterocycles. The lowest BCUT2D eigenvalue weighted by atomic mass is 10.3. The van der Waals surface area contributed by atoms with Gasteiger partial charge < -0.3 is 5.32 Å². The number of piperazine rings is 1. The topological polar surface area (TPSA) is 61.4 Å². The number of nitrogens with one attached hydrogen (secondary N) is 2. The van der Waals surface area contributed by atoms with Gasteiger partial charge in [-0.05, 0) is 22.0 Å². The number of halogens is 3. The second-order valence-electron chi connectivity index (χ2n) is 4.76. The molecule has 0 aromatic heterocycles. The molecular formula is C12H16BrF2N3O2S. The molecule has 0 spiro atoms. The van der Waals surface area contributed by atoms with Crippen LogP contribution in [0.2, 0.25) is 0 Å². The molecule has 2 rings (SSSR count). The van der Waals surface area contributed by atoms with Crippen molar-refractivity contribution in [2.75, 3.05) is 43.2 Å². The van der Waals surface area contributed by atoms with Crippen molar-refractivity contribution in [1.29, 1.82) is 0 Å². The lowest BCUT2D eigenvalue weighted by Crippen LogP contribution is -2.45. The third-order valence-corrected chi connectivity index (χ3v) is 5.02. The first-order valence-electron chi connectivity index (χ1n) is 6.45. The Balaban J connectivity index is 1.98. The standard InChI is InChI=1S/C12H16BrF2N3O2S/c13-9-7-12(11(15)8-10(9)14)17-21(19,20)6-5-18-3-1-16-2-4-18/h7-8,16-17H,1-6H2. The van der Waals surface area contributed by atoms with E-state index < -0.39 is 21.7 Å². The van der Waals surface area contributed by atoms with Crippen LogP contribution in [-0.4, -0.2) is 51.8 Å². The first kappa shape index (κ1) is 16.6. The Morgan fingerprint density at radius 3 is 2.57 bits per heavy atom. The average Bonchev–Trinajstić information content (AvgIpc) is 2.44. The van der Waals surface area contributed by atoms with Gasteiger partial charge in [0.15, 0.2) is 0 Å². The molecule has 21 heavy (non-hydrogen) atoms. The number of anilines is 1. The van der Waals surface area contributed by atoms with Gasteiger partial charge in [-0.15, -0.1) is 0 Å². The third kappa shape index (κ3) is 4.87. The highest BCUT2D eigenvalue weighted by atomic mass is 79.9. The summed E-state index contributed by atoms with van der Waals surface area (Å²) in [5.74, 6) is -1.86. The van der Waals surface area contributed by atoms with Gasteiger partial charge in [-0.2, -0.15) is 0 Å². The van der Waals surface area contributed by atoms with Crippen LogP contribution in [0.5, 0.6) is 0 Å². The predicted molar refractivity (Wildman–Crippen MR) is 80.8 cm³/mol. The zero-order valence-electron chi connectivity index (χ0n) is 11.2. The van der Waals surface area contributed by atoms with Crippen molar-refractivity contribution >= 4 is 31.6 Å².